The minimum Gasteiger partial charge on any atom is -0.493 e. The summed E-state index contributed by atoms with van der Waals surface area (Å²) in [7, 11) is 1.53. The second kappa shape index (κ2) is 11.3. The topological polar surface area (TPSA) is 78.9 Å². The molecule has 2 aromatic heterocycles. The largest absolute Gasteiger partial charge is 0.493 e. The van der Waals surface area contributed by atoms with E-state index in [1.54, 1.807) is 42.5 Å². The first kappa shape index (κ1) is 26.9. The maximum Gasteiger partial charge on any atom is 0.282 e. The second-order valence-corrected chi connectivity index (χ2v) is 10.9. The number of methoxy groups -OCH3 is 1. The van der Waals surface area contributed by atoms with Crippen molar-refractivity contribution in [2.45, 2.75) is 6.61 Å². The minimum absolute atomic E-state index is 0.163. The van der Waals surface area contributed by atoms with Gasteiger partial charge < -0.3 is 13.9 Å². The number of benzene rings is 4. The van der Waals surface area contributed by atoms with E-state index in [-0.39, 0.29) is 23.8 Å². The summed E-state index contributed by atoms with van der Waals surface area (Å²) < 4.78 is 34.0. The molecule has 0 aliphatic rings. The van der Waals surface area contributed by atoms with Gasteiger partial charge in [-0.2, -0.15) is 9.78 Å². The molecule has 7 nitrogen and oxygen atoms in total. The van der Waals surface area contributed by atoms with Gasteiger partial charge in [0, 0.05) is 19.9 Å². The van der Waals surface area contributed by atoms with Gasteiger partial charge in [-0.25, -0.2) is 9.37 Å². The number of aromatic nitrogens is 2. The molecule has 2 heterocycles. The van der Waals surface area contributed by atoms with Gasteiger partial charge in [0.15, 0.2) is 17.3 Å². The van der Waals surface area contributed by atoms with Crippen molar-refractivity contribution in [1.29, 1.82) is 0 Å². The zero-order valence-electron chi connectivity index (χ0n) is 21.5. The van der Waals surface area contributed by atoms with Crippen LogP contribution in [0.25, 0.3) is 33.5 Å². The molecule has 41 heavy (non-hydrogen) atoms. The Labute approximate surface area is 250 Å². The van der Waals surface area contributed by atoms with Crippen LogP contribution in [0.4, 0.5) is 4.39 Å². The lowest BCUT2D eigenvalue weighted by molar-refractivity contribution is 0.284. The standard InChI is InChI=1S/C31H20Br2FN3O4/c1-39-27-15-22(33)13-20(29(27)40-17-18-6-9-23(34)10-7-18)16-35-37-30(36-25-5-3-2-4-24(25)31(37)38)28-14-19-12-21(32)8-11-26(19)41-28/h2-16H,17H2,1H3. The van der Waals surface area contributed by atoms with Crippen LogP contribution in [0, 0.1) is 5.82 Å². The van der Waals surface area contributed by atoms with E-state index in [2.05, 4.69) is 37.0 Å². The molecule has 0 saturated heterocycles. The molecule has 0 aliphatic heterocycles. The highest BCUT2D eigenvalue weighted by Crippen LogP contribution is 2.35. The maximum absolute atomic E-state index is 13.7. The van der Waals surface area contributed by atoms with Gasteiger partial charge in [-0.1, -0.05) is 56.1 Å². The molecule has 0 bridgehead atoms. The fraction of sp³-hybridized carbons (Fsp3) is 0.0645. The first-order chi connectivity index (χ1) is 19.9. The average molecular weight is 677 g/mol. The predicted octanol–water partition coefficient (Wildman–Crippen LogP) is 7.94. The lowest BCUT2D eigenvalue weighted by Gasteiger charge is -2.14. The molecule has 6 aromatic rings. The SMILES string of the molecule is COc1cc(Br)cc(C=Nn2c(-c3cc4cc(Br)ccc4o3)nc3ccccc3c2=O)c1OCc1ccc(F)cc1. The third-order valence-electron chi connectivity index (χ3n) is 6.33. The van der Waals surface area contributed by atoms with E-state index in [0.717, 1.165) is 19.9 Å². The van der Waals surface area contributed by atoms with Gasteiger partial charge in [-0.15, -0.1) is 0 Å². The number of rotatable bonds is 7. The summed E-state index contributed by atoms with van der Waals surface area (Å²) in [6.07, 6.45) is 1.51. The Morgan fingerprint density at radius 1 is 1.00 bits per heavy atom. The highest BCUT2D eigenvalue weighted by Gasteiger charge is 2.18. The Morgan fingerprint density at radius 3 is 2.61 bits per heavy atom. The molecule has 0 N–H and O–H groups in total. The van der Waals surface area contributed by atoms with Gasteiger partial charge in [-0.05, 0) is 66.2 Å². The summed E-state index contributed by atoms with van der Waals surface area (Å²) >= 11 is 6.99. The van der Waals surface area contributed by atoms with Gasteiger partial charge in [0.05, 0.1) is 24.2 Å². The van der Waals surface area contributed by atoms with Crippen molar-refractivity contribution < 1.29 is 18.3 Å². The smallest absolute Gasteiger partial charge is 0.282 e. The third kappa shape index (κ3) is 5.53. The predicted molar refractivity (Wildman–Crippen MR) is 163 cm³/mol. The number of hydrogen-bond acceptors (Lipinski definition) is 6. The molecule has 0 aliphatic carbocycles. The Kier molecular flexibility index (Phi) is 7.42. The summed E-state index contributed by atoms with van der Waals surface area (Å²) in [4.78, 5) is 18.4. The van der Waals surface area contributed by atoms with Crippen molar-refractivity contribution in [2.24, 2.45) is 5.10 Å². The quantitative estimate of drug-likeness (QED) is 0.160. The fourth-order valence-electron chi connectivity index (χ4n) is 4.36. The lowest BCUT2D eigenvalue weighted by atomic mass is 10.2. The van der Waals surface area contributed by atoms with Gasteiger partial charge in [0.1, 0.15) is 18.0 Å². The van der Waals surface area contributed by atoms with E-state index in [4.69, 9.17) is 18.9 Å². The highest BCUT2D eigenvalue weighted by atomic mass is 79.9. The highest BCUT2D eigenvalue weighted by molar-refractivity contribution is 9.10. The molecule has 0 saturated carbocycles. The van der Waals surface area contributed by atoms with E-state index < -0.39 is 0 Å². The monoisotopic (exact) mass is 675 g/mol. The van der Waals surface area contributed by atoms with Crippen LogP contribution in [0.2, 0.25) is 0 Å². The molecular formula is C31H20Br2FN3O4. The van der Waals surface area contributed by atoms with Gasteiger partial charge in [0.2, 0.25) is 5.82 Å². The van der Waals surface area contributed by atoms with Gasteiger partial charge in [-0.3, -0.25) is 4.79 Å². The molecular weight excluding hydrogens is 657 g/mol. The Hall–Kier alpha value is -4.28. The normalized spacial score (nSPS) is 11.5. The minimum atomic E-state index is -0.362. The Bertz CT molecular complexity index is 2000. The molecule has 0 radical (unpaired) electrons. The van der Waals surface area contributed by atoms with E-state index in [0.29, 0.717) is 39.3 Å². The zero-order valence-corrected chi connectivity index (χ0v) is 24.6. The third-order valence-corrected chi connectivity index (χ3v) is 7.28. The number of hydrogen-bond donors (Lipinski definition) is 0. The van der Waals surface area contributed by atoms with Crippen LogP contribution in [0.5, 0.6) is 11.5 Å². The van der Waals surface area contributed by atoms with Crippen molar-refractivity contribution in [1.82, 2.24) is 9.66 Å². The van der Waals surface area contributed by atoms with Gasteiger partial charge in [0.25, 0.3) is 5.56 Å². The summed E-state index contributed by atoms with van der Waals surface area (Å²) in [6.45, 7) is 0.163. The number of halogens is 3. The van der Waals surface area contributed by atoms with Crippen molar-refractivity contribution in [2.75, 3.05) is 7.11 Å². The molecule has 4 aromatic carbocycles. The summed E-state index contributed by atoms with van der Waals surface area (Å²) in [5.41, 5.74) is 2.12. The Balaban J connectivity index is 1.47. The zero-order chi connectivity index (χ0) is 28.5. The average Bonchev–Trinajstić information content (AvgIpc) is 3.39. The van der Waals surface area contributed by atoms with Crippen molar-refractivity contribution in [3.8, 4) is 23.1 Å². The maximum atomic E-state index is 13.7. The fourth-order valence-corrected chi connectivity index (χ4v) is 5.19. The van der Waals surface area contributed by atoms with E-state index >= 15 is 0 Å². The molecule has 0 spiro atoms. The number of nitrogens with zero attached hydrogens (tertiary/aromatic N) is 3. The summed E-state index contributed by atoms with van der Waals surface area (Å²) in [6, 6.07) is 24.1. The summed E-state index contributed by atoms with van der Waals surface area (Å²) in [5, 5.41) is 5.83. The number of furan rings is 1. The van der Waals surface area contributed by atoms with Crippen LogP contribution in [0.3, 0.4) is 0 Å². The van der Waals surface area contributed by atoms with Crippen molar-refractivity contribution >= 4 is 59.9 Å². The summed E-state index contributed by atoms with van der Waals surface area (Å²) in [5.74, 6) is 1.16. The molecule has 0 atom stereocenters. The first-order valence-electron chi connectivity index (χ1n) is 12.4. The van der Waals surface area contributed by atoms with Gasteiger partial charge >= 0.3 is 0 Å². The van der Waals surface area contributed by atoms with E-state index in [9.17, 15) is 9.18 Å². The van der Waals surface area contributed by atoms with Crippen LogP contribution in [-0.4, -0.2) is 23.0 Å². The Morgan fingerprint density at radius 2 is 1.80 bits per heavy atom. The van der Waals surface area contributed by atoms with Crippen LogP contribution < -0.4 is 15.0 Å². The molecule has 0 fully saturated rings. The van der Waals surface area contributed by atoms with Crippen LogP contribution in [0.15, 0.2) is 108 Å². The molecule has 204 valence electrons. The number of ether oxygens (including phenoxy) is 2. The second-order valence-electron chi connectivity index (χ2n) is 9.05. The van der Waals surface area contributed by atoms with Crippen molar-refractivity contribution in [3.05, 3.63) is 121 Å². The molecule has 0 amide bonds. The molecule has 6 rings (SSSR count). The first-order valence-corrected chi connectivity index (χ1v) is 14.0. The van der Waals surface area contributed by atoms with Crippen LogP contribution >= 0.6 is 31.9 Å². The van der Waals surface area contributed by atoms with Crippen LogP contribution in [0.1, 0.15) is 11.1 Å². The van der Waals surface area contributed by atoms with Crippen LogP contribution in [-0.2, 0) is 6.61 Å². The molecule has 10 heteroatoms. The van der Waals surface area contributed by atoms with Crippen molar-refractivity contribution in [3.63, 3.8) is 0 Å². The number of para-hydroxylation sites is 1. The molecule has 0 unspecified atom stereocenters. The number of fused-ring (bicyclic) bond motifs is 2. The van der Waals surface area contributed by atoms with E-state index in [1.165, 1.54) is 30.1 Å². The van der Waals surface area contributed by atoms with E-state index in [1.807, 2.05) is 30.3 Å². The lowest BCUT2D eigenvalue weighted by Crippen LogP contribution is -2.20.